The molecule has 0 saturated carbocycles. The number of hydrogen-bond acceptors (Lipinski definition) is 4. The molecule has 2 aromatic carbocycles. The van der Waals surface area contributed by atoms with Crippen LogP contribution in [0.1, 0.15) is 15.9 Å². The lowest BCUT2D eigenvalue weighted by atomic mass is 10.2. The van der Waals surface area contributed by atoms with Gasteiger partial charge in [-0.1, -0.05) is 48.5 Å². The van der Waals surface area contributed by atoms with Crippen molar-refractivity contribution in [2.75, 3.05) is 0 Å². The molecule has 6 nitrogen and oxygen atoms in total. The molecular formula is C16H15N3O3. The Labute approximate surface area is 127 Å². The second kappa shape index (κ2) is 7.03. The fraction of sp³-hybridized carbons (Fsp3) is 0.0625. The van der Waals surface area contributed by atoms with Crippen LogP contribution >= 0.6 is 0 Å². The van der Waals surface area contributed by atoms with E-state index < -0.39 is 18.0 Å². The second-order valence-electron chi connectivity index (χ2n) is 4.43. The van der Waals surface area contributed by atoms with Gasteiger partial charge in [0, 0.05) is 5.56 Å². The molecule has 22 heavy (non-hydrogen) atoms. The van der Waals surface area contributed by atoms with Crippen molar-refractivity contribution in [3.63, 3.8) is 0 Å². The smallest absolute Gasteiger partial charge is 0.424 e. The van der Waals surface area contributed by atoms with Crippen molar-refractivity contribution in [3.8, 4) is 0 Å². The molecule has 0 aromatic heterocycles. The summed E-state index contributed by atoms with van der Waals surface area (Å²) in [6, 6.07) is 17.1. The summed E-state index contributed by atoms with van der Waals surface area (Å²) in [5.41, 5.74) is 6.35. The Hall–Kier alpha value is -3.15. The highest BCUT2D eigenvalue weighted by Gasteiger charge is 2.27. The topological polar surface area (TPSA) is 96.5 Å². The number of carbonyl (C=O) groups is 2. The van der Waals surface area contributed by atoms with Gasteiger partial charge in [-0.15, -0.1) is 0 Å². The zero-order valence-corrected chi connectivity index (χ0v) is 11.7. The summed E-state index contributed by atoms with van der Waals surface area (Å²) >= 11 is 0. The van der Waals surface area contributed by atoms with Crippen LogP contribution in [0.4, 0.5) is 4.79 Å². The summed E-state index contributed by atoms with van der Waals surface area (Å²) < 4.78 is 5.04. The fourth-order valence-corrected chi connectivity index (χ4v) is 1.78. The van der Waals surface area contributed by atoms with Gasteiger partial charge in [0.1, 0.15) is 6.61 Å². The molecule has 0 aliphatic rings. The summed E-state index contributed by atoms with van der Waals surface area (Å²) in [6.45, 7) is -0.00841. The monoisotopic (exact) mass is 297 g/mol. The molecule has 0 aliphatic carbocycles. The highest BCUT2D eigenvalue weighted by molar-refractivity contribution is 6.14. The zero-order chi connectivity index (χ0) is 15.9. The molecule has 3 N–H and O–H groups in total. The first-order valence-corrected chi connectivity index (χ1v) is 6.54. The van der Waals surface area contributed by atoms with E-state index in [0.717, 1.165) is 5.56 Å². The lowest BCUT2D eigenvalue weighted by Crippen LogP contribution is -2.45. The summed E-state index contributed by atoms with van der Waals surface area (Å²) in [5, 5.41) is 7.43. The Morgan fingerprint density at radius 2 is 1.55 bits per heavy atom. The highest BCUT2D eigenvalue weighted by Crippen LogP contribution is 2.08. The van der Waals surface area contributed by atoms with E-state index in [1.54, 1.807) is 42.5 Å². The van der Waals surface area contributed by atoms with Crippen molar-refractivity contribution in [2.24, 2.45) is 5.73 Å². The quantitative estimate of drug-likeness (QED) is 0.671. The number of carbonyl (C=O) groups excluding carboxylic acids is 2. The Bertz CT molecular complexity index is 672. The molecule has 0 atom stereocenters. The number of nitrogens with one attached hydrogen (secondary N) is 1. The number of ether oxygens (including phenoxy) is 1. The van der Waals surface area contributed by atoms with E-state index in [9.17, 15) is 9.59 Å². The Balaban J connectivity index is 2.09. The average Bonchev–Trinajstić information content (AvgIpc) is 2.54. The number of nitrogens with two attached hydrogens (primary N) is 1. The third kappa shape index (κ3) is 3.69. The molecular weight excluding hydrogens is 282 g/mol. The molecule has 0 radical (unpaired) electrons. The number of benzene rings is 2. The largest absolute Gasteiger partial charge is 0.444 e. The predicted molar refractivity (Wildman–Crippen MR) is 81.2 cm³/mol. The summed E-state index contributed by atoms with van der Waals surface area (Å²) in [6.07, 6.45) is -0.981. The second-order valence-corrected chi connectivity index (χ2v) is 4.43. The summed E-state index contributed by atoms with van der Waals surface area (Å²) in [7, 11) is 0. The van der Waals surface area contributed by atoms with Crippen LogP contribution in [-0.4, -0.2) is 22.9 Å². The first-order valence-electron chi connectivity index (χ1n) is 6.54. The number of guanidine groups is 1. The number of hydrogen-bond donors (Lipinski definition) is 2. The maximum Gasteiger partial charge on any atom is 0.424 e. The van der Waals surface area contributed by atoms with Gasteiger partial charge in [0.15, 0.2) is 0 Å². The number of imide groups is 1. The molecule has 0 unspecified atom stereocenters. The van der Waals surface area contributed by atoms with Crippen molar-refractivity contribution in [1.82, 2.24) is 4.90 Å². The molecule has 0 bridgehead atoms. The van der Waals surface area contributed by atoms with Crippen molar-refractivity contribution >= 4 is 18.0 Å². The number of rotatable bonds is 3. The van der Waals surface area contributed by atoms with Gasteiger partial charge in [0.25, 0.3) is 5.91 Å². The van der Waals surface area contributed by atoms with Crippen LogP contribution in [0.3, 0.4) is 0 Å². The molecule has 2 rings (SSSR count). The number of amides is 2. The van der Waals surface area contributed by atoms with Gasteiger partial charge in [0.05, 0.1) is 0 Å². The fourth-order valence-electron chi connectivity index (χ4n) is 1.78. The van der Waals surface area contributed by atoms with Gasteiger partial charge in [-0.05, 0) is 17.7 Å². The van der Waals surface area contributed by atoms with Gasteiger partial charge >= 0.3 is 6.09 Å². The van der Waals surface area contributed by atoms with Crippen molar-refractivity contribution < 1.29 is 14.3 Å². The van der Waals surface area contributed by atoms with E-state index >= 15 is 0 Å². The molecule has 0 heterocycles. The maximum atomic E-state index is 12.2. The van der Waals surface area contributed by atoms with Crippen molar-refractivity contribution in [1.29, 1.82) is 5.41 Å². The maximum absolute atomic E-state index is 12.2. The first-order chi connectivity index (χ1) is 10.6. The zero-order valence-electron chi connectivity index (χ0n) is 11.7. The van der Waals surface area contributed by atoms with Crippen LogP contribution in [0.2, 0.25) is 0 Å². The van der Waals surface area contributed by atoms with Gasteiger partial charge in [0.2, 0.25) is 5.96 Å². The third-order valence-corrected chi connectivity index (χ3v) is 2.85. The molecule has 2 amide bonds. The van der Waals surface area contributed by atoms with E-state index in [1.807, 2.05) is 6.07 Å². The number of nitrogens with zero attached hydrogens (tertiary/aromatic N) is 1. The van der Waals surface area contributed by atoms with Gasteiger partial charge in [-0.25, -0.2) is 4.79 Å². The van der Waals surface area contributed by atoms with Gasteiger partial charge in [-0.3, -0.25) is 10.2 Å². The van der Waals surface area contributed by atoms with Crippen LogP contribution in [0, 0.1) is 5.41 Å². The van der Waals surface area contributed by atoms with Crippen molar-refractivity contribution in [2.45, 2.75) is 6.61 Å². The van der Waals surface area contributed by atoms with Crippen LogP contribution in [0.25, 0.3) is 0 Å². The lowest BCUT2D eigenvalue weighted by molar-refractivity contribution is 0.0759. The molecule has 0 aliphatic heterocycles. The van der Waals surface area contributed by atoms with Crippen LogP contribution in [0.15, 0.2) is 60.7 Å². The minimum atomic E-state index is -0.981. The predicted octanol–water partition coefficient (Wildman–Crippen LogP) is 2.36. The van der Waals surface area contributed by atoms with E-state index in [-0.39, 0.29) is 12.2 Å². The molecule has 6 heteroatoms. The highest BCUT2D eigenvalue weighted by atomic mass is 16.6. The standard InChI is InChI=1S/C16H15N3O3/c17-15(18)19(14(20)13-9-5-2-6-10-13)16(21)22-11-12-7-3-1-4-8-12/h1-10H,11H2,(H3,17,18). The third-order valence-electron chi connectivity index (χ3n) is 2.85. The van der Waals surface area contributed by atoms with Crippen LogP contribution in [0.5, 0.6) is 0 Å². The Morgan fingerprint density at radius 3 is 2.09 bits per heavy atom. The lowest BCUT2D eigenvalue weighted by Gasteiger charge is -2.18. The van der Waals surface area contributed by atoms with Gasteiger partial charge < -0.3 is 10.5 Å². The normalized spacial score (nSPS) is 9.82. The minimum absolute atomic E-state index is 0.00841. The van der Waals surface area contributed by atoms with Crippen LogP contribution < -0.4 is 5.73 Å². The molecule has 0 saturated heterocycles. The van der Waals surface area contributed by atoms with E-state index in [1.165, 1.54) is 12.1 Å². The van der Waals surface area contributed by atoms with E-state index in [2.05, 4.69) is 0 Å². The minimum Gasteiger partial charge on any atom is -0.444 e. The first kappa shape index (κ1) is 15.2. The Morgan fingerprint density at radius 1 is 1.00 bits per heavy atom. The molecule has 112 valence electrons. The average molecular weight is 297 g/mol. The summed E-state index contributed by atoms with van der Waals surface area (Å²) in [5.74, 6) is -1.39. The summed E-state index contributed by atoms with van der Waals surface area (Å²) in [4.78, 5) is 24.8. The van der Waals surface area contributed by atoms with Crippen LogP contribution in [-0.2, 0) is 11.3 Å². The molecule has 2 aromatic rings. The van der Waals surface area contributed by atoms with Gasteiger partial charge in [-0.2, -0.15) is 4.90 Å². The SMILES string of the molecule is N=C(N)N(C(=O)OCc1ccccc1)C(=O)c1ccccc1. The van der Waals surface area contributed by atoms with E-state index in [4.69, 9.17) is 15.9 Å². The molecule has 0 spiro atoms. The van der Waals surface area contributed by atoms with Crippen molar-refractivity contribution in [3.05, 3.63) is 71.8 Å². The molecule has 0 fully saturated rings. The van der Waals surface area contributed by atoms with E-state index in [0.29, 0.717) is 4.90 Å². The Kier molecular flexibility index (Phi) is 4.87.